The minimum absolute atomic E-state index is 0.0249. The molecular weight excluding hydrogens is 316 g/mol. The number of furan rings is 1. The van der Waals surface area contributed by atoms with Crippen LogP contribution < -0.4 is 5.32 Å². The first-order chi connectivity index (χ1) is 10.9. The number of amides is 1. The zero-order valence-electron chi connectivity index (χ0n) is 13.8. The van der Waals surface area contributed by atoms with Gasteiger partial charge in [-0.2, -0.15) is 0 Å². The van der Waals surface area contributed by atoms with E-state index >= 15 is 0 Å². The maximum Gasteiger partial charge on any atom is 0.221 e. The zero-order chi connectivity index (χ0) is 16.9. The molecule has 0 unspecified atom stereocenters. The minimum Gasteiger partial charge on any atom is -0.468 e. The van der Waals surface area contributed by atoms with Crippen molar-refractivity contribution in [3.05, 3.63) is 24.2 Å². The molecule has 1 N–H and O–H groups in total. The first kappa shape index (κ1) is 18.0. The van der Waals surface area contributed by atoms with E-state index in [1.54, 1.807) is 6.26 Å². The summed E-state index contributed by atoms with van der Waals surface area (Å²) in [5, 5.41) is 2.57. The molecule has 130 valence electrons. The minimum atomic E-state index is -3.14. The lowest BCUT2D eigenvalue weighted by molar-refractivity contribution is -0.120. The predicted octanol–water partition coefficient (Wildman–Crippen LogP) is 1.75. The van der Waals surface area contributed by atoms with Gasteiger partial charge in [-0.25, -0.2) is 8.42 Å². The number of nitrogens with one attached hydrogen (secondary N) is 1. The van der Waals surface area contributed by atoms with Crippen LogP contribution in [0.3, 0.4) is 0 Å². The summed E-state index contributed by atoms with van der Waals surface area (Å²) in [6.45, 7) is 0.392. The van der Waals surface area contributed by atoms with E-state index in [1.807, 2.05) is 31.1 Å². The van der Waals surface area contributed by atoms with Gasteiger partial charge in [0.15, 0.2) is 9.84 Å². The number of carbonyl (C=O) groups excluding carboxylic acids is 1. The molecule has 1 heterocycles. The summed E-state index contributed by atoms with van der Waals surface area (Å²) in [4.78, 5) is 13.9. The van der Waals surface area contributed by atoms with E-state index in [1.165, 1.54) is 0 Å². The smallest absolute Gasteiger partial charge is 0.221 e. The summed E-state index contributed by atoms with van der Waals surface area (Å²) >= 11 is 0. The van der Waals surface area contributed by atoms with E-state index in [2.05, 4.69) is 5.32 Å². The molecule has 23 heavy (non-hydrogen) atoms. The molecule has 1 aromatic rings. The first-order valence-corrected chi connectivity index (χ1v) is 9.80. The van der Waals surface area contributed by atoms with Crippen LogP contribution in [0.15, 0.2) is 22.8 Å². The molecule has 0 spiro atoms. The monoisotopic (exact) mass is 342 g/mol. The van der Waals surface area contributed by atoms with Crippen molar-refractivity contribution in [1.29, 1.82) is 0 Å². The van der Waals surface area contributed by atoms with Gasteiger partial charge in [-0.1, -0.05) is 12.8 Å². The van der Waals surface area contributed by atoms with Crippen LogP contribution >= 0.6 is 0 Å². The van der Waals surface area contributed by atoms with Crippen molar-refractivity contribution in [1.82, 2.24) is 10.2 Å². The average Bonchev–Trinajstić information content (AvgIpc) is 3.18. The zero-order valence-corrected chi connectivity index (χ0v) is 14.6. The van der Waals surface area contributed by atoms with Gasteiger partial charge in [0.25, 0.3) is 0 Å². The Labute approximate surface area is 138 Å². The Morgan fingerprint density at radius 3 is 2.65 bits per heavy atom. The highest BCUT2D eigenvalue weighted by atomic mass is 32.2. The van der Waals surface area contributed by atoms with Crippen LogP contribution in [0, 0.1) is 0 Å². The fourth-order valence-electron chi connectivity index (χ4n) is 2.97. The molecule has 0 bridgehead atoms. The SMILES string of the molecule is CN(C)[C@H](CNC(=O)CCS(=O)(=O)C1CCCC1)c1ccco1. The van der Waals surface area contributed by atoms with Crippen molar-refractivity contribution in [2.45, 2.75) is 43.4 Å². The average molecular weight is 342 g/mol. The van der Waals surface area contributed by atoms with Crippen LogP contribution in [0.4, 0.5) is 0 Å². The number of sulfone groups is 1. The topological polar surface area (TPSA) is 79.6 Å². The molecule has 6 nitrogen and oxygen atoms in total. The summed E-state index contributed by atoms with van der Waals surface area (Å²) in [6.07, 6.45) is 5.06. The van der Waals surface area contributed by atoms with Crippen LogP contribution in [0.25, 0.3) is 0 Å². The third kappa shape index (κ3) is 5.07. The van der Waals surface area contributed by atoms with Crippen LogP contribution in [0.1, 0.15) is 43.9 Å². The van der Waals surface area contributed by atoms with Gasteiger partial charge in [-0.15, -0.1) is 0 Å². The van der Waals surface area contributed by atoms with Crippen molar-refractivity contribution >= 4 is 15.7 Å². The standard InChI is InChI=1S/C16H26N2O4S/c1-18(2)14(15-8-5-10-22-15)12-17-16(19)9-11-23(20,21)13-6-3-4-7-13/h5,8,10,13-14H,3-4,6-7,9,11-12H2,1-2H3,(H,17,19)/t14-/m1/s1. The Morgan fingerprint density at radius 2 is 2.09 bits per heavy atom. The fraction of sp³-hybridized carbons (Fsp3) is 0.688. The Balaban J connectivity index is 1.80. The second-order valence-corrected chi connectivity index (χ2v) is 8.72. The molecule has 1 amide bonds. The van der Waals surface area contributed by atoms with Gasteiger partial charge < -0.3 is 9.73 Å². The van der Waals surface area contributed by atoms with Crippen LogP contribution in [0.2, 0.25) is 0 Å². The van der Waals surface area contributed by atoms with Crippen LogP contribution in [-0.2, 0) is 14.6 Å². The van der Waals surface area contributed by atoms with Crippen molar-refractivity contribution in [3.8, 4) is 0 Å². The van der Waals surface area contributed by atoms with Crippen molar-refractivity contribution in [2.24, 2.45) is 0 Å². The number of hydrogen-bond acceptors (Lipinski definition) is 5. The Hall–Kier alpha value is -1.34. The summed E-state index contributed by atoms with van der Waals surface area (Å²) in [5.74, 6) is 0.482. The van der Waals surface area contributed by atoms with Gasteiger partial charge in [0.1, 0.15) is 5.76 Å². The van der Waals surface area contributed by atoms with Crippen molar-refractivity contribution in [3.63, 3.8) is 0 Å². The Morgan fingerprint density at radius 1 is 1.39 bits per heavy atom. The number of rotatable bonds is 8. The Kier molecular flexibility index (Phi) is 6.24. The molecule has 1 aromatic heterocycles. The summed E-state index contributed by atoms with van der Waals surface area (Å²) in [5.41, 5.74) is 0. The van der Waals surface area contributed by atoms with Crippen molar-refractivity contribution < 1.29 is 17.6 Å². The predicted molar refractivity (Wildman–Crippen MR) is 88.8 cm³/mol. The lowest BCUT2D eigenvalue weighted by Gasteiger charge is -2.22. The summed E-state index contributed by atoms with van der Waals surface area (Å²) in [6, 6.07) is 3.60. The first-order valence-electron chi connectivity index (χ1n) is 8.08. The van der Waals surface area contributed by atoms with Gasteiger partial charge >= 0.3 is 0 Å². The van der Waals surface area contributed by atoms with Gasteiger partial charge in [-0.05, 0) is 39.1 Å². The molecule has 7 heteroatoms. The number of likely N-dealkylation sites (N-methyl/N-ethyl adjacent to an activating group) is 1. The molecule has 1 saturated carbocycles. The second kappa shape index (κ2) is 7.97. The third-order valence-corrected chi connectivity index (χ3v) is 6.67. The van der Waals surface area contributed by atoms with E-state index in [9.17, 15) is 13.2 Å². The van der Waals surface area contributed by atoms with Gasteiger partial charge in [0.2, 0.25) is 5.91 Å². The van der Waals surface area contributed by atoms with Crippen LogP contribution in [-0.4, -0.2) is 50.9 Å². The molecule has 0 saturated heterocycles. The quantitative estimate of drug-likeness (QED) is 0.778. The molecule has 1 atom stereocenters. The van der Waals surface area contributed by atoms with E-state index < -0.39 is 9.84 Å². The normalized spacial score (nSPS) is 17.5. The lowest BCUT2D eigenvalue weighted by Crippen LogP contribution is -2.35. The number of nitrogens with zero attached hydrogens (tertiary/aromatic N) is 1. The molecule has 1 fully saturated rings. The summed E-state index contributed by atoms with van der Waals surface area (Å²) < 4.78 is 29.7. The number of hydrogen-bond donors (Lipinski definition) is 1. The Bertz CT molecular complexity index is 590. The van der Waals surface area contributed by atoms with Gasteiger partial charge in [-0.3, -0.25) is 9.69 Å². The number of carbonyl (C=O) groups is 1. The third-order valence-electron chi connectivity index (χ3n) is 4.41. The van der Waals surface area contributed by atoms with Crippen LogP contribution in [0.5, 0.6) is 0 Å². The van der Waals surface area contributed by atoms with E-state index in [4.69, 9.17) is 4.42 Å². The van der Waals surface area contributed by atoms with E-state index in [-0.39, 0.29) is 29.4 Å². The highest BCUT2D eigenvalue weighted by molar-refractivity contribution is 7.92. The lowest BCUT2D eigenvalue weighted by atomic mass is 10.2. The van der Waals surface area contributed by atoms with Gasteiger partial charge in [0, 0.05) is 13.0 Å². The summed E-state index contributed by atoms with van der Waals surface area (Å²) in [7, 11) is 0.670. The highest BCUT2D eigenvalue weighted by Gasteiger charge is 2.29. The van der Waals surface area contributed by atoms with Crippen molar-refractivity contribution in [2.75, 3.05) is 26.4 Å². The van der Waals surface area contributed by atoms with E-state index in [0.29, 0.717) is 6.54 Å². The molecule has 1 aliphatic carbocycles. The van der Waals surface area contributed by atoms with Gasteiger partial charge in [0.05, 0.1) is 23.3 Å². The molecule has 0 radical (unpaired) electrons. The maximum absolute atomic E-state index is 12.2. The molecule has 2 rings (SSSR count). The fourth-order valence-corrected chi connectivity index (χ4v) is 4.82. The molecule has 0 aliphatic heterocycles. The second-order valence-electron chi connectivity index (χ2n) is 6.32. The molecular formula is C16H26N2O4S. The molecule has 0 aromatic carbocycles. The largest absolute Gasteiger partial charge is 0.468 e. The maximum atomic E-state index is 12.2. The highest BCUT2D eigenvalue weighted by Crippen LogP contribution is 2.25. The molecule has 1 aliphatic rings. The van der Waals surface area contributed by atoms with E-state index in [0.717, 1.165) is 31.4 Å².